The molecule has 20 heavy (non-hydrogen) atoms. The fourth-order valence-electron chi connectivity index (χ4n) is 1.18. The van der Waals surface area contributed by atoms with Crippen molar-refractivity contribution in [3.05, 3.63) is 0 Å². The van der Waals surface area contributed by atoms with Crippen LogP contribution in [0.25, 0.3) is 0 Å². The summed E-state index contributed by atoms with van der Waals surface area (Å²) in [4.78, 5) is 16.8. The second kappa shape index (κ2) is 15.5. The normalized spacial score (nSPS) is 11.4. The van der Waals surface area contributed by atoms with Crippen molar-refractivity contribution in [1.29, 1.82) is 0 Å². The fraction of sp³-hybridized carbons (Fsp3) is 1.00. The highest BCUT2D eigenvalue weighted by Gasteiger charge is 2.20. The maximum atomic E-state index is 8.39. The maximum Gasteiger partial charge on any atom is 0.327 e. The fourth-order valence-corrected chi connectivity index (χ4v) is 1.47. The molecule has 0 aliphatic heterocycles. The van der Waals surface area contributed by atoms with Crippen LogP contribution in [0.1, 0.15) is 45.4 Å². The zero-order chi connectivity index (χ0) is 15.9. The molecule has 0 fully saturated rings. The molecule has 0 radical (unpaired) electrons. The number of nitrogens with two attached hydrogens (primary N) is 1. The molecule has 0 aliphatic carbocycles. The summed E-state index contributed by atoms with van der Waals surface area (Å²) in [6.45, 7) is 1.46. The average molecular weight is 315 g/mol. The van der Waals surface area contributed by atoms with Crippen molar-refractivity contribution in [2.45, 2.75) is 51.0 Å². The third kappa shape index (κ3) is 16.2. The van der Waals surface area contributed by atoms with Gasteiger partial charge in [0.15, 0.2) is 0 Å². The van der Waals surface area contributed by atoms with Crippen molar-refractivity contribution < 1.29 is 29.6 Å². The van der Waals surface area contributed by atoms with Gasteiger partial charge < -0.3 is 35.4 Å². The van der Waals surface area contributed by atoms with E-state index >= 15 is 0 Å². The number of aliphatic hydroxyl groups is 3. The molecule has 0 heterocycles. The molecule has 0 amide bonds. The van der Waals surface area contributed by atoms with Crippen LogP contribution >= 0.6 is 8.60 Å². The Morgan fingerprint density at radius 3 is 1.70 bits per heavy atom. The van der Waals surface area contributed by atoms with Crippen LogP contribution < -0.4 is 5.73 Å². The van der Waals surface area contributed by atoms with Gasteiger partial charge in [0.2, 0.25) is 0 Å². The van der Waals surface area contributed by atoms with Crippen LogP contribution in [-0.4, -0.2) is 57.1 Å². The molecule has 8 heteroatoms. The van der Waals surface area contributed by atoms with E-state index in [0.29, 0.717) is 6.61 Å². The third-order valence-electron chi connectivity index (χ3n) is 2.65. The molecule has 0 aromatic carbocycles. The average Bonchev–Trinajstić information content (AvgIpc) is 2.46. The Kier molecular flexibility index (Phi) is 17.4. The van der Waals surface area contributed by atoms with Crippen molar-refractivity contribution in [2.24, 2.45) is 5.73 Å². The molecule has 0 aromatic rings. The van der Waals surface area contributed by atoms with Crippen molar-refractivity contribution in [3.8, 4) is 0 Å². The molecule has 0 aliphatic rings. The first-order chi connectivity index (χ1) is 9.45. The summed E-state index contributed by atoms with van der Waals surface area (Å²) in [7, 11) is -2.13. The molecule has 0 aromatic heterocycles. The minimum atomic E-state index is -2.13. The van der Waals surface area contributed by atoms with E-state index in [-0.39, 0.29) is 0 Å². The largest absolute Gasteiger partial charge is 0.394 e. The lowest BCUT2D eigenvalue weighted by Crippen LogP contribution is -2.50. The van der Waals surface area contributed by atoms with Gasteiger partial charge in [0.25, 0.3) is 0 Å². The summed E-state index contributed by atoms with van der Waals surface area (Å²) < 4.78 is 4.62. The van der Waals surface area contributed by atoms with Crippen molar-refractivity contribution in [2.75, 3.05) is 26.4 Å². The summed E-state index contributed by atoms with van der Waals surface area (Å²) in [5.74, 6) is 0. The zero-order valence-corrected chi connectivity index (χ0v) is 13.1. The van der Waals surface area contributed by atoms with Crippen LogP contribution in [0.15, 0.2) is 0 Å². The predicted molar refractivity (Wildman–Crippen MR) is 78.9 cm³/mol. The molecule has 7 N–H and O–H groups in total. The Morgan fingerprint density at radius 2 is 1.35 bits per heavy atom. The molecule has 124 valence electrons. The molecule has 0 unspecified atom stereocenters. The first kappa shape index (κ1) is 22.4. The number of rotatable bonds is 11. The quantitative estimate of drug-likeness (QED) is 0.237. The highest BCUT2D eigenvalue weighted by atomic mass is 31.2. The van der Waals surface area contributed by atoms with Crippen molar-refractivity contribution in [3.63, 3.8) is 0 Å². The van der Waals surface area contributed by atoms with Gasteiger partial charge in [-0.25, -0.2) is 0 Å². The molecule has 7 nitrogen and oxygen atoms in total. The summed E-state index contributed by atoms with van der Waals surface area (Å²) in [5.41, 5.74) is 3.94. The van der Waals surface area contributed by atoms with Crippen LogP contribution in [0.3, 0.4) is 0 Å². The van der Waals surface area contributed by atoms with E-state index < -0.39 is 34.0 Å². The van der Waals surface area contributed by atoms with E-state index in [1.54, 1.807) is 0 Å². The molecular weight excluding hydrogens is 285 g/mol. The van der Waals surface area contributed by atoms with Gasteiger partial charge in [-0.3, -0.25) is 0 Å². The van der Waals surface area contributed by atoms with Gasteiger partial charge in [0.1, 0.15) is 0 Å². The second-order valence-corrected chi connectivity index (χ2v) is 5.45. The van der Waals surface area contributed by atoms with Gasteiger partial charge in [0, 0.05) is 0 Å². The highest BCUT2D eigenvalue weighted by Crippen LogP contribution is 2.24. The van der Waals surface area contributed by atoms with Gasteiger partial charge in [-0.1, -0.05) is 39.0 Å². The number of unbranched alkanes of at least 4 members (excludes halogenated alkanes) is 5. The van der Waals surface area contributed by atoms with Gasteiger partial charge in [-0.2, -0.15) is 0 Å². The van der Waals surface area contributed by atoms with Gasteiger partial charge >= 0.3 is 8.60 Å². The van der Waals surface area contributed by atoms with Crippen LogP contribution in [-0.2, 0) is 4.52 Å². The van der Waals surface area contributed by atoms with E-state index in [1.807, 2.05) is 0 Å². The van der Waals surface area contributed by atoms with E-state index in [1.165, 1.54) is 25.7 Å². The maximum absolute atomic E-state index is 8.39. The smallest absolute Gasteiger partial charge is 0.327 e. The monoisotopic (exact) mass is 315 g/mol. The van der Waals surface area contributed by atoms with Crippen molar-refractivity contribution in [1.82, 2.24) is 0 Å². The van der Waals surface area contributed by atoms with E-state index in [0.717, 1.165) is 12.8 Å². The Labute approximate surface area is 122 Å². The minimum absolute atomic E-state index is 0.403. The molecular formula is C12H30NO6P. The first-order valence-corrected chi connectivity index (χ1v) is 8.04. The molecule has 0 bridgehead atoms. The Bertz CT molecular complexity index is 185. The van der Waals surface area contributed by atoms with Gasteiger partial charge in [0.05, 0.1) is 32.0 Å². The number of aliphatic hydroxyl groups excluding tert-OH is 3. The molecule has 0 saturated heterocycles. The Balaban J connectivity index is 0. The predicted octanol–water partition coefficient (Wildman–Crippen LogP) is 0.236. The highest BCUT2D eigenvalue weighted by molar-refractivity contribution is 7.39. The topological polar surface area (TPSA) is 136 Å². The standard InChI is InChI=1S/C8H19O3P.C4H11NO3/c1-2-3-4-5-6-7-8-11-12(9)10;5-4(1-6,2-7)3-8/h9-10H,2-8H2,1H3;6-8H,1-3,5H2. The van der Waals surface area contributed by atoms with Gasteiger partial charge in [-0.05, 0) is 6.42 Å². The van der Waals surface area contributed by atoms with Gasteiger partial charge in [-0.15, -0.1) is 0 Å². The lowest BCUT2D eigenvalue weighted by atomic mass is 10.1. The van der Waals surface area contributed by atoms with Crippen LogP contribution in [0, 0.1) is 0 Å². The van der Waals surface area contributed by atoms with E-state index in [9.17, 15) is 0 Å². The summed E-state index contributed by atoms with van der Waals surface area (Å²) in [6.07, 6.45) is 7.13. The molecule has 0 atom stereocenters. The first-order valence-electron chi connectivity index (χ1n) is 6.88. The third-order valence-corrected chi connectivity index (χ3v) is 3.06. The minimum Gasteiger partial charge on any atom is -0.394 e. The Morgan fingerprint density at radius 1 is 0.900 bits per heavy atom. The molecule has 0 saturated carbocycles. The van der Waals surface area contributed by atoms with Crippen LogP contribution in [0.5, 0.6) is 0 Å². The lowest BCUT2D eigenvalue weighted by molar-refractivity contribution is 0.0697. The van der Waals surface area contributed by atoms with E-state index in [4.69, 9.17) is 30.8 Å². The second-order valence-electron chi connectivity index (χ2n) is 4.69. The summed E-state index contributed by atoms with van der Waals surface area (Å²) in [5, 5.41) is 25.0. The number of hydrogen-bond donors (Lipinski definition) is 6. The molecule has 0 spiro atoms. The Hall–Kier alpha value is 0.150. The van der Waals surface area contributed by atoms with Crippen LogP contribution in [0.4, 0.5) is 0 Å². The van der Waals surface area contributed by atoms with Crippen LogP contribution in [0.2, 0.25) is 0 Å². The zero-order valence-electron chi connectivity index (χ0n) is 12.2. The van der Waals surface area contributed by atoms with Crippen molar-refractivity contribution >= 4 is 8.60 Å². The molecule has 0 rings (SSSR count). The number of hydrogen-bond acceptors (Lipinski definition) is 7. The van der Waals surface area contributed by atoms with E-state index in [2.05, 4.69) is 11.4 Å². The SMILES string of the molecule is CCCCCCCCOP(O)O.NC(CO)(CO)CO. The summed E-state index contributed by atoms with van der Waals surface area (Å²) >= 11 is 0. The summed E-state index contributed by atoms with van der Waals surface area (Å²) in [6, 6.07) is 0. The lowest BCUT2D eigenvalue weighted by Gasteiger charge is -2.20.